The maximum Gasteiger partial charge on any atom is 0.352 e. The van der Waals surface area contributed by atoms with Gasteiger partial charge >= 0.3 is 5.97 Å². The van der Waals surface area contributed by atoms with Gasteiger partial charge in [-0.3, -0.25) is 0 Å². The van der Waals surface area contributed by atoms with Gasteiger partial charge < -0.3 is 14.2 Å². The predicted octanol–water partition coefficient (Wildman–Crippen LogP) is 4.13. The molecule has 4 nitrogen and oxygen atoms in total. The molecule has 0 aliphatic carbocycles. The molecule has 2 rings (SSSR count). The quantitative estimate of drug-likeness (QED) is 0.582. The maximum absolute atomic E-state index is 13.9. The summed E-state index contributed by atoms with van der Waals surface area (Å²) in [6, 6.07) is 2.40. The van der Waals surface area contributed by atoms with Crippen LogP contribution in [0, 0.1) is 11.6 Å². The van der Waals surface area contributed by atoms with E-state index >= 15 is 0 Å². The van der Waals surface area contributed by atoms with Crippen LogP contribution in [-0.2, 0) is 9.53 Å². The molecule has 0 spiro atoms. The lowest BCUT2D eigenvalue weighted by Crippen LogP contribution is -2.29. The van der Waals surface area contributed by atoms with E-state index in [0.717, 1.165) is 24.8 Å². The van der Waals surface area contributed by atoms with Crippen molar-refractivity contribution in [2.24, 2.45) is 0 Å². The molecule has 23 heavy (non-hydrogen) atoms. The van der Waals surface area contributed by atoms with E-state index in [4.69, 9.17) is 14.2 Å². The fourth-order valence-electron chi connectivity index (χ4n) is 2.33. The number of allylic oxidation sites excluding steroid dienone is 1. The Morgan fingerprint density at radius 2 is 1.96 bits per heavy atom. The SMILES string of the molecule is CCCC1=COC(C(=O)Oc2ccc(OCC)c(F)c2F)CC1. The lowest BCUT2D eigenvalue weighted by molar-refractivity contribution is -0.145. The van der Waals surface area contributed by atoms with Crippen LogP contribution >= 0.6 is 0 Å². The summed E-state index contributed by atoms with van der Waals surface area (Å²) in [6.45, 7) is 3.92. The third-order valence-electron chi connectivity index (χ3n) is 3.48. The first-order chi connectivity index (χ1) is 11.1. The number of carbonyl (C=O) groups is 1. The molecule has 1 heterocycles. The van der Waals surface area contributed by atoms with Gasteiger partial charge in [-0.1, -0.05) is 13.3 Å². The van der Waals surface area contributed by atoms with E-state index < -0.39 is 29.5 Å². The van der Waals surface area contributed by atoms with Crippen molar-refractivity contribution < 1.29 is 27.8 Å². The molecule has 0 radical (unpaired) electrons. The first-order valence-electron chi connectivity index (χ1n) is 7.72. The van der Waals surface area contributed by atoms with Crippen LogP contribution in [0.25, 0.3) is 0 Å². The number of ether oxygens (including phenoxy) is 3. The third kappa shape index (κ3) is 4.21. The molecule has 0 fully saturated rings. The van der Waals surface area contributed by atoms with Crippen LogP contribution in [0.15, 0.2) is 24.0 Å². The fraction of sp³-hybridized carbons (Fsp3) is 0.471. The summed E-state index contributed by atoms with van der Waals surface area (Å²) >= 11 is 0. The van der Waals surface area contributed by atoms with Gasteiger partial charge in [0.1, 0.15) is 0 Å². The number of hydrogen-bond acceptors (Lipinski definition) is 4. The molecule has 1 aromatic carbocycles. The normalized spacial score (nSPS) is 17.2. The average Bonchev–Trinajstić information content (AvgIpc) is 2.55. The van der Waals surface area contributed by atoms with Gasteiger partial charge in [-0.25, -0.2) is 4.79 Å². The van der Waals surface area contributed by atoms with E-state index in [0.29, 0.717) is 6.42 Å². The molecular weight excluding hydrogens is 306 g/mol. The lowest BCUT2D eigenvalue weighted by atomic mass is 10.0. The highest BCUT2D eigenvalue weighted by Crippen LogP contribution is 2.29. The third-order valence-corrected chi connectivity index (χ3v) is 3.48. The second-order valence-corrected chi connectivity index (χ2v) is 5.23. The van der Waals surface area contributed by atoms with E-state index in [2.05, 4.69) is 6.92 Å². The summed E-state index contributed by atoms with van der Waals surface area (Å²) in [7, 11) is 0. The zero-order chi connectivity index (χ0) is 16.8. The second kappa shape index (κ2) is 7.94. The number of halogens is 2. The minimum absolute atomic E-state index is 0.206. The van der Waals surface area contributed by atoms with Crippen LogP contribution in [-0.4, -0.2) is 18.7 Å². The molecule has 126 valence electrons. The summed E-state index contributed by atoms with van der Waals surface area (Å²) in [5, 5.41) is 0. The monoisotopic (exact) mass is 326 g/mol. The van der Waals surface area contributed by atoms with E-state index in [9.17, 15) is 13.6 Å². The van der Waals surface area contributed by atoms with Crippen LogP contribution in [0.4, 0.5) is 8.78 Å². The molecule has 0 amide bonds. The summed E-state index contributed by atoms with van der Waals surface area (Å²) in [6.07, 6.45) is 3.87. The van der Waals surface area contributed by atoms with Gasteiger partial charge in [0.25, 0.3) is 0 Å². The molecule has 0 aromatic heterocycles. The van der Waals surface area contributed by atoms with Gasteiger partial charge in [0.15, 0.2) is 17.6 Å². The van der Waals surface area contributed by atoms with Gasteiger partial charge in [-0.05, 0) is 43.9 Å². The Morgan fingerprint density at radius 3 is 2.57 bits per heavy atom. The Kier molecular flexibility index (Phi) is 5.96. The molecule has 1 aliphatic rings. The summed E-state index contributed by atoms with van der Waals surface area (Å²) in [5.41, 5.74) is 1.13. The van der Waals surface area contributed by atoms with Crippen molar-refractivity contribution in [2.45, 2.75) is 45.6 Å². The van der Waals surface area contributed by atoms with Gasteiger partial charge in [-0.15, -0.1) is 0 Å². The minimum Gasteiger partial charge on any atom is -0.491 e. The Labute approximate surface area is 134 Å². The highest BCUT2D eigenvalue weighted by atomic mass is 19.2. The van der Waals surface area contributed by atoms with Gasteiger partial charge in [-0.2, -0.15) is 8.78 Å². The minimum atomic E-state index is -1.25. The van der Waals surface area contributed by atoms with Crippen molar-refractivity contribution in [2.75, 3.05) is 6.61 Å². The lowest BCUT2D eigenvalue weighted by Gasteiger charge is -2.21. The highest BCUT2D eigenvalue weighted by Gasteiger charge is 2.27. The first-order valence-corrected chi connectivity index (χ1v) is 7.72. The molecular formula is C17H20F2O4. The molecule has 0 saturated carbocycles. The molecule has 0 saturated heterocycles. The summed E-state index contributed by atoms with van der Waals surface area (Å²) in [4.78, 5) is 12.0. The van der Waals surface area contributed by atoms with Crippen molar-refractivity contribution in [3.8, 4) is 11.5 Å². The van der Waals surface area contributed by atoms with Gasteiger partial charge in [0.2, 0.25) is 11.6 Å². The standard InChI is InChI=1S/C17H20F2O4/c1-3-5-11-6-7-14(22-10-11)17(20)23-13-9-8-12(21-4-2)15(18)16(13)19/h8-10,14H,3-7H2,1-2H3. The Balaban J connectivity index is 2.02. The largest absolute Gasteiger partial charge is 0.491 e. The zero-order valence-electron chi connectivity index (χ0n) is 13.2. The van der Waals surface area contributed by atoms with Crippen molar-refractivity contribution in [1.82, 2.24) is 0 Å². The van der Waals surface area contributed by atoms with Crippen LogP contribution in [0.5, 0.6) is 11.5 Å². The summed E-state index contributed by atoms with van der Waals surface area (Å²) in [5.74, 6) is -3.85. The summed E-state index contributed by atoms with van der Waals surface area (Å²) < 4.78 is 42.8. The smallest absolute Gasteiger partial charge is 0.352 e. The van der Waals surface area contributed by atoms with Crippen molar-refractivity contribution in [3.63, 3.8) is 0 Å². The van der Waals surface area contributed by atoms with Crippen molar-refractivity contribution >= 4 is 5.97 Å². The topological polar surface area (TPSA) is 44.8 Å². The van der Waals surface area contributed by atoms with Crippen LogP contribution in [0.1, 0.15) is 39.5 Å². The van der Waals surface area contributed by atoms with E-state index in [1.807, 2.05) is 0 Å². The zero-order valence-corrected chi connectivity index (χ0v) is 13.2. The number of benzene rings is 1. The van der Waals surface area contributed by atoms with E-state index in [-0.39, 0.29) is 12.4 Å². The van der Waals surface area contributed by atoms with Crippen molar-refractivity contribution in [1.29, 1.82) is 0 Å². The molecule has 1 atom stereocenters. The van der Waals surface area contributed by atoms with Crippen LogP contribution in [0.3, 0.4) is 0 Å². The van der Waals surface area contributed by atoms with Crippen molar-refractivity contribution in [3.05, 3.63) is 35.6 Å². The van der Waals surface area contributed by atoms with E-state index in [1.54, 1.807) is 13.2 Å². The van der Waals surface area contributed by atoms with Gasteiger partial charge in [0, 0.05) is 0 Å². The Hall–Kier alpha value is -2.11. The average molecular weight is 326 g/mol. The Bertz CT molecular complexity index is 599. The van der Waals surface area contributed by atoms with Crippen LogP contribution < -0.4 is 9.47 Å². The number of rotatable bonds is 6. The van der Waals surface area contributed by atoms with Gasteiger partial charge in [0.05, 0.1) is 12.9 Å². The fourth-order valence-corrected chi connectivity index (χ4v) is 2.33. The predicted molar refractivity (Wildman–Crippen MR) is 80.3 cm³/mol. The molecule has 6 heteroatoms. The molecule has 0 N–H and O–H groups in total. The second-order valence-electron chi connectivity index (χ2n) is 5.23. The molecule has 0 bridgehead atoms. The molecule has 1 aromatic rings. The number of hydrogen-bond donors (Lipinski definition) is 0. The number of esters is 1. The van der Waals surface area contributed by atoms with Crippen LogP contribution in [0.2, 0.25) is 0 Å². The molecule has 1 unspecified atom stereocenters. The maximum atomic E-state index is 13.9. The first kappa shape index (κ1) is 17.2. The number of carbonyl (C=O) groups excluding carboxylic acids is 1. The molecule has 1 aliphatic heterocycles. The van der Waals surface area contributed by atoms with E-state index in [1.165, 1.54) is 12.1 Å². The Morgan fingerprint density at radius 1 is 1.26 bits per heavy atom. The highest BCUT2D eigenvalue weighted by molar-refractivity contribution is 5.77.